The highest BCUT2D eigenvalue weighted by Gasteiger charge is 2.29. The number of rotatable bonds is 4. The van der Waals surface area contributed by atoms with E-state index in [2.05, 4.69) is 22.3 Å². The van der Waals surface area contributed by atoms with Crippen LogP contribution in [-0.2, 0) is 18.3 Å². The third-order valence-corrected chi connectivity index (χ3v) is 6.96. The van der Waals surface area contributed by atoms with Gasteiger partial charge < -0.3 is 9.47 Å². The van der Waals surface area contributed by atoms with Crippen LogP contribution in [0.2, 0.25) is 0 Å². The van der Waals surface area contributed by atoms with Crippen LogP contribution in [0, 0.1) is 0 Å². The second-order valence-electron chi connectivity index (χ2n) is 7.58. The molecule has 6 nitrogen and oxygen atoms in total. The van der Waals surface area contributed by atoms with Crippen LogP contribution in [0.25, 0.3) is 22.1 Å². The number of aryl methyl sites for hydroxylation is 2. The number of carbonyl (C=O) groups excluding carboxylic acids is 1. The molecule has 1 unspecified atom stereocenters. The lowest BCUT2D eigenvalue weighted by Crippen LogP contribution is -2.41. The summed E-state index contributed by atoms with van der Waals surface area (Å²) in [7, 11) is 1.99. The van der Waals surface area contributed by atoms with Crippen molar-refractivity contribution < 1.29 is 4.79 Å². The van der Waals surface area contributed by atoms with E-state index in [1.54, 1.807) is 0 Å². The van der Waals surface area contributed by atoms with Gasteiger partial charge in [0.15, 0.2) is 5.65 Å². The fourth-order valence-electron chi connectivity index (χ4n) is 4.21. The van der Waals surface area contributed by atoms with E-state index in [1.807, 2.05) is 59.8 Å². The number of hydrogen-bond donors (Lipinski definition) is 0. The van der Waals surface area contributed by atoms with Gasteiger partial charge in [0.05, 0.1) is 10.8 Å². The summed E-state index contributed by atoms with van der Waals surface area (Å²) in [5.41, 5.74) is 4.94. The van der Waals surface area contributed by atoms with Crippen molar-refractivity contribution in [2.24, 2.45) is 7.05 Å². The van der Waals surface area contributed by atoms with Crippen molar-refractivity contribution in [3.8, 4) is 0 Å². The molecule has 2 aromatic carbocycles. The van der Waals surface area contributed by atoms with Gasteiger partial charge in [0.25, 0.3) is 0 Å². The van der Waals surface area contributed by atoms with E-state index < -0.39 is 0 Å². The predicted molar refractivity (Wildman–Crippen MR) is 121 cm³/mol. The maximum absolute atomic E-state index is 13.4. The van der Waals surface area contributed by atoms with Gasteiger partial charge in [-0.3, -0.25) is 4.79 Å². The Labute approximate surface area is 179 Å². The normalized spacial score (nSPS) is 14.8. The average Bonchev–Trinajstić information content (AvgIpc) is 3.08. The van der Waals surface area contributed by atoms with Crippen LogP contribution in [0.3, 0.4) is 0 Å². The number of hydrogen-bond acceptors (Lipinski definition) is 5. The molecule has 30 heavy (non-hydrogen) atoms. The van der Waals surface area contributed by atoms with Gasteiger partial charge >= 0.3 is 0 Å². The number of anilines is 1. The predicted octanol–water partition coefficient (Wildman–Crippen LogP) is 4.37. The Bertz CT molecular complexity index is 1250. The Morgan fingerprint density at radius 1 is 1.13 bits per heavy atom. The lowest BCUT2D eigenvalue weighted by Gasteiger charge is -2.31. The quantitative estimate of drug-likeness (QED) is 0.462. The van der Waals surface area contributed by atoms with E-state index in [9.17, 15) is 4.79 Å². The summed E-state index contributed by atoms with van der Waals surface area (Å²) in [5, 5.41) is 10.1. The molecular weight excluding hydrogens is 394 g/mol. The van der Waals surface area contributed by atoms with Gasteiger partial charge in [-0.15, -0.1) is 10.2 Å². The molecule has 0 N–H and O–H groups in total. The maximum Gasteiger partial charge on any atom is 0.240 e. The number of fused-ring (bicyclic) bond motifs is 4. The SMILES string of the molecule is CCC(Sc1nnc2c3ccccc3n(C)c2n1)C(=O)N1CCCc2ccccc21. The molecule has 7 heteroatoms. The molecule has 0 saturated heterocycles. The van der Waals surface area contributed by atoms with Crippen molar-refractivity contribution in [2.45, 2.75) is 36.6 Å². The second kappa shape index (κ2) is 7.72. The molecule has 0 spiro atoms. The van der Waals surface area contributed by atoms with Crippen LogP contribution in [-0.4, -0.2) is 37.5 Å². The van der Waals surface area contributed by atoms with Crippen molar-refractivity contribution in [1.82, 2.24) is 19.7 Å². The van der Waals surface area contributed by atoms with Gasteiger partial charge in [0, 0.05) is 24.7 Å². The van der Waals surface area contributed by atoms with Gasteiger partial charge in [0.2, 0.25) is 11.1 Å². The summed E-state index contributed by atoms with van der Waals surface area (Å²) in [6, 6.07) is 16.3. The molecule has 0 aliphatic carbocycles. The number of nitrogens with zero attached hydrogens (tertiary/aromatic N) is 5. The number of aromatic nitrogens is 4. The topological polar surface area (TPSA) is 63.9 Å². The smallest absolute Gasteiger partial charge is 0.240 e. The first kappa shape index (κ1) is 19.1. The van der Waals surface area contributed by atoms with Crippen LogP contribution >= 0.6 is 11.8 Å². The van der Waals surface area contributed by atoms with E-state index in [0.717, 1.165) is 47.1 Å². The summed E-state index contributed by atoms with van der Waals surface area (Å²) < 4.78 is 2.03. The van der Waals surface area contributed by atoms with Crippen molar-refractivity contribution in [3.63, 3.8) is 0 Å². The van der Waals surface area contributed by atoms with Crippen LogP contribution in [0.1, 0.15) is 25.3 Å². The van der Waals surface area contributed by atoms with E-state index in [4.69, 9.17) is 4.98 Å². The van der Waals surface area contributed by atoms with Crippen molar-refractivity contribution >= 4 is 45.4 Å². The lowest BCUT2D eigenvalue weighted by atomic mass is 10.0. The number of benzene rings is 2. The summed E-state index contributed by atoms with van der Waals surface area (Å²) in [4.78, 5) is 20.1. The Kier molecular flexibility index (Phi) is 4.90. The second-order valence-corrected chi connectivity index (χ2v) is 8.75. The number of para-hydroxylation sites is 2. The van der Waals surface area contributed by atoms with Crippen molar-refractivity contribution in [2.75, 3.05) is 11.4 Å². The van der Waals surface area contributed by atoms with Crippen LogP contribution in [0.5, 0.6) is 0 Å². The lowest BCUT2D eigenvalue weighted by molar-refractivity contribution is -0.118. The zero-order valence-corrected chi connectivity index (χ0v) is 17.9. The van der Waals surface area contributed by atoms with Crippen molar-refractivity contribution in [1.29, 1.82) is 0 Å². The van der Waals surface area contributed by atoms with E-state index in [0.29, 0.717) is 11.6 Å². The van der Waals surface area contributed by atoms with Crippen LogP contribution in [0.4, 0.5) is 5.69 Å². The van der Waals surface area contributed by atoms with Crippen molar-refractivity contribution in [3.05, 3.63) is 54.1 Å². The zero-order chi connectivity index (χ0) is 20.7. The monoisotopic (exact) mass is 417 g/mol. The third-order valence-electron chi connectivity index (χ3n) is 5.76. The molecule has 0 saturated carbocycles. The fourth-order valence-corrected chi connectivity index (χ4v) is 5.09. The number of carbonyl (C=O) groups is 1. The minimum atomic E-state index is -0.245. The summed E-state index contributed by atoms with van der Waals surface area (Å²) in [5.74, 6) is 0.121. The fraction of sp³-hybridized carbons (Fsp3) is 0.304. The van der Waals surface area contributed by atoms with Gasteiger partial charge in [-0.2, -0.15) is 0 Å². The van der Waals surface area contributed by atoms with E-state index in [1.165, 1.54) is 17.3 Å². The van der Waals surface area contributed by atoms with E-state index >= 15 is 0 Å². The van der Waals surface area contributed by atoms with Gasteiger partial charge in [-0.25, -0.2) is 4.98 Å². The molecule has 1 atom stereocenters. The first-order valence-electron chi connectivity index (χ1n) is 10.3. The zero-order valence-electron chi connectivity index (χ0n) is 17.1. The van der Waals surface area contributed by atoms with Gasteiger partial charge in [0.1, 0.15) is 5.52 Å². The molecule has 1 amide bonds. The Hall–Kier alpha value is -2.93. The number of thioether (sulfide) groups is 1. The highest BCUT2D eigenvalue weighted by Crippen LogP contribution is 2.32. The van der Waals surface area contributed by atoms with Gasteiger partial charge in [-0.1, -0.05) is 55.1 Å². The molecule has 152 valence electrons. The molecule has 5 rings (SSSR count). The molecule has 0 radical (unpaired) electrons. The molecule has 1 aliphatic rings. The molecule has 4 aromatic rings. The molecule has 0 fully saturated rings. The summed E-state index contributed by atoms with van der Waals surface area (Å²) >= 11 is 1.41. The van der Waals surface area contributed by atoms with Crippen LogP contribution in [0.15, 0.2) is 53.7 Å². The average molecular weight is 418 g/mol. The first-order chi connectivity index (χ1) is 14.7. The number of amides is 1. The molecule has 1 aliphatic heterocycles. The summed E-state index contributed by atoms with van der Waals surface area (Å²) in [6.07, 6.45) is 2.72. The Morgan fingerprint density at radius 2 is 1.93 bits per heavy atom. The maximum atomic E-state index is 13.4. The Morgan fingerprint density at radius 3 is 2.80 bits per heavy atom. The largest absolute Gasteiger partial charge is 0.327 e. The third kappa shape index (κ3) is 3.13. The van der Waals surface area contributed by atoms with Crippen LogP contribution < -0.4 is 4.90 Å². The first-order valence-corrected chi connectivity index (χ1v) is 11.2. The highest BCUT2D eigenvalue weighted by atomic mass is 32.2. The summed E-state index contributed by atoms with van der Waals surface area (Å²) in [6.45, 7) is 2.79. The Balaban J connectivity index is 1.45. The minimum absolute atomic E-state index is 0.121. The molecular formula is C23H23N5OS. The molecule has 3 heterocycles. The van der Waals surface area contributed by atoms with E-state index in [-0.39, 0.29) is 11.2 Å². The van der Waals surface area contributed by atoms with Gasteiger partial charge in [-0.05, 0) is 37.0 Å². The molecule has 0 bridgehead atoms. The standard InChI is InChI=1S/C23H23N5OS/c1-3-19(22(29)28-14-8-10-15-9-4-6-12-17(15)28)30-23-24-21-20(25-26-23)16-11-5-7-13-18(16)27(21)2/h4-7,9,11-13,19H,3,8,10,14H2,1-2H3. The molecule has 2 aromatic heterocycles. The highest BCUT2D eigenvalue weighted by molar-refractivity contribution is 8.00. The minimum Gasteiger partial charge on any atom is -0.327 e.